The molecule has 0 saturated heterocycles. The number of hydrazone groups is 1. The lowest BCUT2D eigenvalue weighted by Crippen LogP contribution is -2.88. The molecule has 1 aromatic heterocycles. The number of carbonyl (C=O) groups is 1. The number of halogens is 7. The molecule has 0 unspecified atom stereocenters. The number of rotatable bonds is 3. The summed E-state index contributed by atoms with van der Waals surface area (Å²) in [6.45, 7) is 0. The van der Waals surface area contributed by atoms with Crippen molar-refractivity contribution < 1.29 is 31.1 Å². The van der Waals surface area contributed by atoms with E-state index in [2.05, 4.69) is 10.5 Å². The maximum atomic E-state index is 14.9. The lowest BCUT2D eigenvalue weighted by atomic mass is 9.53. The number of nitrogens with one attached hydrogen (secondary N) is 1. The highest BCUT2D eigenvalue weighted by Crippen LogP contribution is 2.81. The van der Waals surface area contributed by atoms with Gasteiger partial charge >= 0.3 is 11.8 Å². The fourth-order valence-corrected chi connectivity index (χ4v) is 6.73. The maximum absolute atomic E-state index is 14.9. The van der Waals surface area contributed by atoms with Crippen molar-refractivity contribution in [3.63, 3.8) is 0 Å². The minimum atomic E-state index is -5.09. The molecule has 0 spiro atoms. The standard InChI is InChI=1S/C19H13ClF6N2OS/c20-13-10-3-1-2-4-12(10)30-14(13)15(29)28-27-7-8-5-9-6-11(8)17(22)16(9,21)18(23,24)19(17,25)26/h1-4,7-9,11H,5-6H2,(H,28,29)/b27-7-/t8-,9+,11-,16-,17-/m0/s1. The van der Waals surface area contributed by atoms with Gasteiger partial charge in [-0.15, -0.1) is 11.3 Å². The van der Waals surface area contributed by atoms with Gasteiger partial charge in [0.25, 0.3) is 5.91 Å². The number of thiophene rings is 1. The molecule has 30 heavy (non-hydrogen) atoms. The van der Waals surface area contributed by atoms with Gasteiger partial charge in [-0.2, -0.15) is 22.7 Å². The largest absolute Gasteiger partial charge is 0.350 e. The summed E-state index contributed by atoms with van der Waals surface area (Å²) in [6.07, 6.45) is 0.351. The summed E-state index contributed by atoms with van der Waals surface area (Å²) < 4.78 is 85.5. The molecular weight excluding hydrogens is 454 g/mol. The Hall–Kier alpha value is -1.81. The van der Waals surface area contributed by atoms with E-state index in [-0.39, 0.29) is 16.3 Å². The molecule has 0 radical (unpaired) electrons. The molecule has 0 aliphatic heterocycles. The number of hydrogen-bond acceptors (Lipinski definition) is 3. The Labute approximate surface area is 175 Å². The monoisotopic (exact) mass is 466 g/mol. The van der Waals surface area contributed by atoms with Crippen LogP contribution in [0, 0.1) is 17.8 Å². The smallest absolute Gasteiger partial charge is 0.266 e. The summed E-state index contributed by atoms with van der Waals surface area (Å²) in [4.78, 5) is 12.5. The first-order valence-electron chi connectivity index (χ1n) is 9.12. The van der Waals surface area contributed by atoms with Crippen molar-refractivity contribution in [2.24, 2.45) is 22.9 Å². The molecule has 3 fully saturated rings. The highest BCUT2D eigenvalue weighted by molar-refractivity contribution is 7.21. The van der Waals surface area contributed by atoms with Crippen LogP contribution in [0.25, 0.3) is 10.1 Å². The zero-order valence-electron chi connectivity index (χ0n) is 14.9. The summed E-state index contributed by atoms with van der Waals surface area (Å²) in [5.41, 5.74) is -5.62. The van der Waals surface area contributed by atoms with Crippen LogP contribution in [-0.2, 0) is 0 Å². The van der Waals surface area contributed by atoms with Crippen LogP contribution in [0.15, 0.2) is 29.4 Å². The first-order chi connectivity index (χ1) is 14.0. The SMILES string of the molecule is O=C(N/N=C\[C@@H]1C[C@@H]2C[C@@H]1[C@@]1(F)C(F)(F)C(F)(F)[C@]21F)c1sc2ccccc2c1Cl. The first kappa shape index (κ1) is 20.1. The fourth-order valence-electron chi connectivity index (χ4n) is 5.33. The van der Waals surface area contributed by atoms with Gasteiger partial charge in [0.15, 0.2) is 0 Å². The van der Waals surface area contributed by atoms with E-state index in [1.165, 1.54) is 0 Å². The van der Waals surface area contributed by atoms with Gasteiger partial charge in [0.2, 0.25) is 11.3 Å². The average molecular weight is 467 g/mol. The molecule has 160 valence electrons. The summed E-state index contributed by atoms with van der Waals surface area (Å²) >= 11 is 7.32. The normalized spacial score (nSPS) is 38.0. The molecule has 11 heteroatoms. The Kier molecular flexibility index (Phi) is 3.96. The number of benzene rings is 1. The Bertz CT molecular complexity index is 1110. The molecule has 1 heterocycles. The number of alkyl halides is 6. The van der Waals surface area contributed by atoms with Crippen molar-refractivity contribution in [3.8, 4) is 0 Å². The predicted molar refractivity (Wildman–Crippen MR) is 100 cm³/mol. The predicted octanol–water partition coefficient (Wildman–Crippen LogP) is 5.63. The van der Waals surface area contributed by atoms with Crippen LogP contribution in [0.3, 0.4) is 0 Å². The van der Waals surface area contributed by atoms with E-state index in [0.717, 1.165) is 22.3 Å². The van der Waals surface area contributed by atoms with Gasteiger partial charge in [0.05, 0.1) is 5.02 Å². The highest BCUT2D eigenvalue weighted by atomic mass is 35.5. The van der Waals surface area contributed by atoms with Crippen molar-refractivity contribution >= 4 is 45.1 Å². The van der Waals surface area contributed by atoms with Gasteiger partial charge in [-0.3, -0.25) is 4.79 Å². The number of hydrogen-bond donors (Lipinski definition) is 1. The van der Waals surface area contributed by atoms with Gasteiger partial charge in [0.1, 0.15) is 4.88 Å². The Morgan fingerprint density at radius 3 is 2.47 bits per heavy atom. The quantitative estimate of drug-likeness (QED) is 0.356. The third kappa shape index (κ3) is 2.00. The van der Waals surface area contributed by atoms with Gasteiger partial charge in [-0.1, -0.05) is 29.8 Å². The van der Waals surface area contributed by atoms with E-state index < -0.39 is 53.3 Å². The number of nitrogens with zero attached hydrogens (tertiary/aromatic N) is 1. The van der Waals surface area contributed by atoms with Crippen molar-refractivity contribution in [1.82, 2.24) is 5.43 Å². The molecule has 5 rings (SSSR count). The molecule has 3 aliphatic carbocycles. The fraction of sp³-hybridized carbons (Fsp3) is 0.474. The van der Waals surface area contributed by atoms with Gasteiger partial charge in [-0.05, 0) is 18.9 Å². The average Bonchev–Trinajstić information content (AvgIpc) is 3.33. The molecular formula is C19H13ClF6N2OS. The Morgan fingerprint density at radius 2 is 1.77 bits per heavy atom. The third-order valence-electron chi connectivity index (χ3n) is 6.70. The van der Waals surface area contributed by atoms with E-state index in [0.29, 0.717) is 5.39 Å². The molecule has 2 bridgehead atoms. The van der Waals surface area contributed by atoms with Crippen LogP contribution in [-0.4, -0.2) is 35.3 Å². The summed E-state index contributed by atoms with van der Waals surface area (Å²) in [5, 5.41) is 4.59. The molecule has 5 atom stereocenters. The number of fused-ring (bicyclic) bond motifs is 6. The minimum Gasteiger partial charge on any atom is -0.266 e. The van der Waals surface area contributed by atoms with Crippen LogP contribution in [0.4, 0.5) is 26.3 Å². The summed E-state index contributed by atoms with van der Waals surface area (Å²) in [7, 11) is 0. The van der Waals surface area contributed by atoms with Crippen molar-refractivity contribution in [2.45, 2.75) is 36.0 Å². The van der Waals surface area contributed by atoms with E-state index in [4.69, 9.17) is 11.6 Å². The van der Waals surface area contributed by atoms with E-state index in [9.17, 15) is 31.1 Å². The zero-order chi connectivity index (χ0) is 21.7. The third-order valence-corrected chi connectivity index (χ3v) is 8.37. The van der Waals surface area contributed by atoms with Crippen molar-refractivity contribution in [2.75, 3.05) is 0 Å². The molecule has 3 nitrogen and oxygen atoms in total. The van der Waals surface area contributed by atoms with E-state index in [1.807, 2.05) is 0 Å². The molecule has 3 aliphatic rings. The lowest BCUT2D eigenvalue weighted by Gasteiger charge is -2.61. The maximum Gasteiger partial charge on any atom is 0.350 e. The molecule has 2 aromatic rings. The highest BCUT2D eigenvalue weighted by Gasteiger charge is 3.03. The second-order valence-electron chi connectivity index (χ2n) is 7.97. The number of amides is 1. The van der Waals surface area contributed by atoms with Gasteiger partial charge in [-0.25, -0.2) is 14.2 Å². The molecule has 1 amide bonds. The van der Waals surface area contributed by atoms with Crippen LogP contribution >= 0.6 is 22.9 Å². The van der Waals surface area contributed by atoms with E-state index in [1.54, 1.807) is 24.3 Å². The van der Waals surface area contributed by atoms with Gasteiger partial charge < -0.3 is 0 Å². The zero-order valence-corrected chi connectivity index (χ0v) is 16.5. The summed E-state index contributed by atoms with van der Waals surface area (Å²) in [6, 6.07) is 7.05. The number of carbonyl (C=O) groups excluding carboxylic acids is 1. The molecule has 1 aromatic carbocycles. The molecule has 1 N–H and O–H groups in total. The summed E-state index contributed by atoms with van der Waals surface area (Å²) in [5.74, 6) is -15.0. The molecule has 3 saturated carbocycles. The van der Waals surface area contributed by atoms with Crippen LogP contribution in [0.1, 0.15) is 22.5 Å². The minimum absolute atomic E-state index is 0.179. The van der Waals surface area contributed by atoms with Crippen molar-refractivity contribution in [3.05, 3.63) is 34.2 Å². The van der Waals surface area contributed by atoms with Crippen LogP contribution in [0.5, 0.6) is 0 Å². The van der Waals surface area contributed by atoms with Crippen LogP contribution < -0.4 is 5.43 Å². The Balaban J connectivity index is 1.33. The van der Waals surface area contributed by atoms with E-state index >= 15 is 0 Å². The van der Waals surface area contributed by atoms with Gasteiger partial charge in [0, 0.05) is 34.1 Å². The first-order valence-corrected chi connectivity index (χ1v) is 10.3. The second kappa shape index (κ2) is 5.91. The van der Waals surface area contributed by atoms with Crippen LogP contribution in [0.2, 0.25) is 5.02 Å². The topological polar surface area (TPSA) is 41.5 Å². The van der Waals surface area contributed by atoms with Crippen molar-refractivity contribution in [1.29, 1.82) is 0 Å². The lowest BCUT2D eigenvalue weighted by molar-refractivity contribution is -0.449. The Morgan fingerprint density at radius 1 is 1.10 bits per heavy atom. The second-order valence-corrected chi connectivity index (χ2v) is 9.40.